The predicted octanol–water partition coefficient (Wildman–Crippen LogP) is 0.727. The molecule has 0 spiro atoms. The number of aliphatic hydroxyl groups is 1. The minimum absolute atomic E-state index is 0.0952. The fraction of sp³-hybridized carbons (Fsp3) is 0.286. The van der Waals surface area contributed by atoms with Gasteiger partial charge in [-0.1, -0.05) is 11.6 Å². The number of halogens is 1. The van der Waals surface area contributed by atoms with E-state index in [2.05, 4.69) is 4.98 Å². The number of nitrogens with two attached hydrogens (primary N) is 1. The molecule has 0 unspecified atom stereocenters. The van der Waals surface area contributed by atoms with Gasteiger partial charge >= 0.3 is 0 Å². The highest BCUT2D eigenvalue weighted by atomic mass is 35.5. The third kappa shape index (κ3) is 2.15. The molecule has 0 aliphatic rings. The van der Waals surface area contributed by atoms with Crippen LogP contribution in [0.2, 0.25) is 5.02 Å². The van der Waals surface area contributed by atoms with Crippen LogP contribution in [0.15, 0.2) is 18.5 Å². The van der Waals surface area contributed by atoms with E-state index in [9.17, 15) is 0 Å². The zero-order chi connectivity index (χ0) is 8.27. The van der Waals surface area contributed by atoms with E-state index >= 15 is 0 Å². The molecule has 3 nitrogen and oxygen atoms in total. The number of aliphatic hydroxyl groups excluding tert-OH is 1. The molecule has 1 aromatic rings. The second-order valence-corrected chi connectivity index (χ2v) is 2.66. The van der Waals surface area contributed by atoms with Gasteiger partial charge in [0.1, 0.15) is 0 Å². The molecule has 1 aromatic heterocycles. The van der Waals surface area contributed by atoms with Gasteiger partial charge in [-0.3, -0.25) is 4.98 Å². The normalized spacial score (nSPS) is 13.0. The molecule has 1 heterocycles. The lowest BCUT2D eigenvalue weighted by atomic mass is 10.1. The molecular weight excluding hydrogens is 164 g/mol. The standard InChI is InChI=1S/C7H9ClN2O/c8-6-1-5(2-10-3-6)7(9)4-11/h1-3,7,11H,4,9H2/t7-/m1/s1. The van der Waals surface area contributed by atoms with E-state index in [0.717, 1.165) is 5.56 Å². The van der Waals surface area contributed by atoms with Gasteiger partial charge in [0.2, 0.25) is 0 Å². The maximum Gasteiger partial charge on any atom is 0.0624 e. The van der Waals surface area contributed by atoms with E-state index < -0.39 is 0 Å². The molecule has 0 bridgehead atoms. The van der Waals surface area contributed by atoms with Crippen LogP contribution in [0.3, 0.4) is 0 Å². The van der Waals surface area contributed by atoms with Crippen molar-refractivity contribution in [1.82, 2.24) is 4.98 Å². The van der Waals surface area contributed by atoms with E-state index in [1.54, 1.807) is 12.3 Å². The molecular formula is C7H9ClN2O. The third-order valence-electron chi connectivity index (χ3n) is 1.35. The number of hydrogen-bond donors (Lipinski definition) is 2. The van der Waals surface area contributed by atoms with Gasteiger partial charge in [-0.2, -0.15) is 0 Å². The number of pyridine rings is 1. The van der Waals surface area contributed by atoms with Crippen LogP contribution in [0.1, 0.15) is 11.6 Å². The first-order chi connectivity index (χ1) is 5.24. The Hall–Kier alpha value is -0.640. The zero-order valence-electron chi connectivity index (χ0n) is 5.87. The van der Waals surface area contributed by atoms with Crippen LogP contribution in [0.5, 0.6) is 0 Å². The highest BCUT2D eigenvalue weighted by Gasteiger charge is 2.03. The summed E-state index contributed by atoms with van der Waals surface area (Å²) >= 11 is 5.65. The highest BCUT2D eigenvalue weighted by molar-refractivity contribution is 6.30. The van der Waals surface area contributed by atoms with Gasteiger partial charge in [-0.25, -0.2) is 0 Å². The van der Waals surface area contributed by atoms with Crippen molar-refractivity contribution in [2.45, 2.75) is 6.04 Å². The van der Waals surface area contributed by atoms with E-state index in [0.29, 0.717) is 5.02 Å². The molecule has 3 N–H and O–H groups in total. The fourth-order valence-corrected chi connectivity index (χ4v) is 0.919. The predicted molar refractivity (Wildman–Crippen MR) is 43.3 cm³/mol. The summed E-state index contributed by atoms with van der Waals surface area (Å²) in [4.78, 5) is 3.83. The monoisotopic (exact) mass is 172 g/mol. The third-order valence-corrected chi connectivity index (χ3v) is 1.56. The summed E-state index contributed by atoms with van der Waals surface area (Å²) in [5.74, 6) is 0. The van der Waals surface area contributed by atoms with Crippen molar-refractivity contribution in [2.24, 2.45) is 5.73 Å². The topological polar surface area (TPSA) is 59.1 Å². The molecule has 0 radical (unpaired) electrons. The van der Waals surface area contributed by atoms with Crippen molar-refractivity contribution in [1.29, 1.82) is 0 Å². The van der Waals surface area contributed by atoms with Gasteiger partial charge in [0.25, 0.3) is 0 Å². The Morgan fingerprint density at radius 3 is 2.91 bits per heavy atom. The molecule has 0 aliphatic heterocycles. The number of hydrogen-bond acceptors (Lipinski definition) is 3. The van der Waals surface area contributed by atoms with Gasteiger partial charge < -0.3 is 10.8 Å². The molecule has 0 amide bonds. The zero-order valence-corrected chi connectivity index (χ0v) is 6.62. The molecule has 0 fully saturated rings. The molecule has 1 rings (SSSR count). The van der Waals surface area contributed by atoms with E-state index in [1.165, 1.54) is 6.20 Å². The Bertz CT molecular complexity index is 242. The average Bonchev–Trinajstić information content (AvgIpc) is 2.03. The van der Waals surface area contributed by atoms with Crippen LogP contribution in [-0.4, -0.2) is 16.7 Å². The van der Waals surface area contributed by atoms with Crippen LogP contribution in [0.25, 0.3) is 0 Å². The second-order valence-electron chi connectivity index (χ2n) is 2.23. The second kappa shape index (κ2) is 3.67. The van der Waals surface area contributed by atoms with Crippen molar-refractivity contribution in [3.63, 3.8) is 0 Å². The van der Waals surface area contributed by atoms with Crippen molar-refractivity contribution in [2.75, 3.05) is 6.61 Å². The molecule has 0 saturated carbocycles. The van der Waals surface area contributed by atoms with Gasteiger partial charge in [0.15, 0.2) is 0 Å². The lowest BCUT2D eigenvalue weighted by Crippen LogP contribution is -2.14. The summed E-state index contributed by atoms with van der Waals surface area (Å²) in [6.45, 7) is -0.0952. The summed E-state index contributed by atoms with van der Waals surface area (Å²) in [6.07, 6.45) is 3.11. The molecule has 4 heteroatoms. The summed E-state index contributed by atoms with van der Waals surface area (Å²) in [5.41, 5.74) is 6.26. The summed E-state index contributed by atoms with van der Waals surface area (Å²) in [6, 6.07) is 1.30. The van der Waals surface area contributed by atoms with Crippen molar-refractivity contribution in [3.8, 4) is 0 Å². The molecule has 11 heavy (non-hydrogen) atoms. The van der Waals surface area contributed by atoms with E-state index in [4.69, 9.17) is 22.4 Å². The molecule has 0 aliphatic carbocycles. The van der Waals surface area contributed by atoms with Crippen LogP contribution in [-0.2, 0) is 0 Å². The average molecular weight is 173 g/mol. The summed E-state index contributed by atoms with van der Waals surface area (Å²) in [5, 5.41) is 9.22. The summed E-state index contributed by atoms with van der Waals surface area (Å²) < 4.78 is 0. The Balaban J connectivity index is 2.86. The Kier molecular flexibility index (Phi) is 2.82. The first-order valence-corrected chi connectivity index (χ1v) is 3.58. The largest absolute Gasteiger partial charge is 0.394 e. The van der Waals surface area contributed by atoms with Crippen LogP contribution in [0, 0.1) is 0 Å². The van der Waals surface area contributed by atoms with Crippen molar-refractivity contribution >= 4 is 11.6 Å². The van der Waals surface area contributed by atoms with Gasteiger partial charge in [0, 0.05) is 12.4 Å². The van der Waals surface area contributed by atoms with Gasteiger partial charge in [0.05, 0.1) is 17.7 Å². The lowest BCUT2D eigenvalue weighted by Gasteiger charge is -2.06. The van der Waals surface area contributed by atoms with Crippen LogP contribution in [0.4, 0.5) is 0 Å². The minimum Gasteiger partial charge on any atom is -0.394 e. The molecule has 0 aromatic carbocycles. The first-order valence-electron chi connectivity index (χ1n) is 3.21. The van der Waals surface area contributed by atoms with Gasteiger partial charge in [-0.05, 0) is 11.6 Å². The Labute approximate surface area is 69.8 Å². The van der Waals surface area contributed by atoms with Gasteiger partial charge in [-0.15, -0.1) is 0 Å². The smallest absolute Gasteiger partial charge is 0.0624 e. The van der Waals surface area contributed by atoms with Crippen LogP contribution < -0.4 is 5.73 Å². The van der Waals surface area contributed by atoms with E-state index in [-0.39, 0.29) is 12.6 Å². The van der Waals surface area contributed by atoms with Crippen LogP contribution >= 0.6 is 11.6 Å². The van der Waals surface area contributed by atoms with Crippen molar-refractivity contribution < 1.29 is 5.11 Å². The first kappa shape index (κ1) is 8.46. The number of nitrogens with zero attached hydrogens (tertiary/aromatic N) is 1. The van der Waals surface area contributed by atoms with Crippen molar-refractivity contribution in [3.05, 3.63) is 29.0 Å². The minimum atomic E-state index is -0.388. The lowest BCUT2D eigenvalue weighted by molar-refractivity contribution is 0.268. The SMILES string of the molecule is N[C@H](CO)c1cncc(Cl)c1. The number of aromatic nitrogens is 1. The highest BCUT2D eigenvalue weighted by Crippen LogP contribution is 2.13. The number of rotatable bonds is 2. The fourth-order valence-electron chi connectivity index (χ4n) is 0.736. The van der Waals surface area contributed by atoms with E-state index in [1.807, 2.05) is 0 Å². The molecule has 1 atom stereocenters. The molecule has 0 saturated heterocycles. The summed E-state index contributed by atoms with van der Waals surface area (Å²) in [7, 11) is 0. The Morgan fingerprint density at radius 1 is 1.64 bits per heavy atom. The quantitative estimate of drug-likeness (QED) is 0.692. The Morgan fingerprint density at radius 2 is 2.36 bits per heavy atom. The maximum absolute atomic E-state index is 8.68. The maximum atomic E-state index is 8.68. The molecule has 60 valence electrons.